The maximum Gasteiger partial charge on any atom is 0.314 e. The smallest absolute Gasteiger partial charge is 0.314 e. The normalized spacial score (nSPS) is 15.8. The molecule has 0 spiro atoms. The van der Waals surface area contributed by atoms with E-state index in [1.54, 1.807) is 12.0 Å². The molecule has 5 heteroatoms. The number of rotatable bonds is 2. The number of benzene rings is 1. The van der Waals surface area contributed by atoms with Gasteiger partial charge < -0.3 is 20.3 Å². The van der Waals surface area contributed by atoms with Gasteiger partial charge in [0.25, 0.3) is 0 Å². The van der Waals surface area contributed by atoms with Crippen LogP contribution in [0.25, 0.3) is 0 Å². The van der Waals surface area contributed by atoms with E-state index >= 15 is 0 Å². The summed E-state index contributed by atoms with van der Waals surface area (Å²) in [4.78, 5) is 14.9. The number of urea groups is 1. The van der Waals surface area contributed by atoms with Gasteiger partial charge in [-0.25, -0.2) is 4.79 Å². The number of nitrogens with zero attached hydrogens (tertiary/aromatic N) is 2. The second kappa shape index (κ2) is 4.95. The maximum atomic E-state index is 11.0. The number of hydrogen-bond acceptors (Lipinski definition) is 3. The number of amides is 2. The van der Waals surface area contributed by atoms with E-state index in [1.165, 1.54) is 0 Å². The molecule has 0 aliphatic carbocycles. The van der Waals surface area contributed by atoms with Gasteiger partial charge >= 0.3 is 6.03 Å². The molecule has 0 bridgehead atoms. The van der Waals surface area contributed by atoms with Crippen LogP contribution in [0.5, 0.6) is 5.75 Å². The summed E-state index contributed by atoms with van der Waals surface area (Å²) in [5.74, 6) is 0.861. The zero-order chi connectivity index (χ0) is 12.3. The molecule has 0 unspecified atom stereocenters. The summed E-state index contributed by atoms with van der Waals surface area (Å²) in [5, 5.41) is 0. The van der Waals surface area contributed by atoms with E-state index in [0.717, 1.165) is 24.5 Å². The van der Waals surface area contributed by atoms with E-state index in [0.29, 0.717) is 13.1 Å². The lowest BCUT2D eigenvalue weighted by Gasteiger charge is -2.35. The van der Waals surface area contributed by atoms with Crippen molar-refractivity contribution in [2.24, 2.45) is 5.73 Å². The van der Waals surface area contributed by atoms with Gasteiger partial charge in [0, 0.05) is 26.2 Å². The van der Waals surface area contributed by atoms with Crippen molar-refractivity contribution in [3.63, 3.8) is 0 Å². The zero-order valence-corrected chi connectivity index (χ0v) is 9.93. The number of hydrogen-bond donors (Lipinski definition) is 1. The number of piperazine rings is 1. The van der Waals surface area contributed by atoms with Crippen LogP contribution in [0.1, 0.15) is 0 Å². The summed E-state index contributed by atoms with van der Waals surface area (Å²) in [7, 11) is 1.67. The Morgan fingerprint density at radius 2 is 1.88 bits per heavy atom. The first-order valence-electron chi connectivity index (χ1n) is 5.64. The highest BCUT2D eigenvalue weighted by atomic mass is 16.5. The number of carbonyl (C=O) groups excluding carboxylic acids is 1. The third-order valence-electron chi connectivity index (χ3n) is 3.02. The maximum absolute atomic E-state index is 11.0. The third kappa shape index (κ3) is 2.43. The van der Waals surface area contributed by atoms with E-state index in [1.807, 2.05) is 24.3 Å². The van der Waals surface area contributed by atoms with Crippen LogP contribution in [0.3, 0.4) is 0 Å². The fraction of sp³-hybridized carbons (Fsp3) is 0.417. The molecular weight excluding hydrogens is 218 g/mol. The molecule has 0 saturated carbocycles. The van der Waals surface area contributed by atoms with Crippen LogP contribution in [-0.2, 0) is 0 Å². The summed E-state index contributed by atoms with van der Waals surface area (Å²) in [5.41, 5.74) is 6.32. The lowest BCUT2D eigenvalue weighted by molar-refractivity contribution is 0.204. The average molecular weight is 235 g/mol. The summed E-state index contributed by atoms with van der Waals surface area (Å²) in [6.45, 7) is 2.88. The minimum Gasteiger partial charge on any atom is -0.495 e. The molecule has 0 aromatic heterocycles. The molecule has 1 saturated heterocycles. The molecule has 1 heterocycles. The monoisotopic (exact) mass is 235 g/mol. The topological polar surface area (TPSA) is 58.8 Å². The molecule has 17 heavy (non-hydrogen) atoms. The fourth-order valence-electron chi connectivity index (χ4n) is 2.06. The van der Waals surface area contributed by atoms with Crippen molar-refractivity contribution in [3.05, 3.63) is 24.3 Å². The standard InChI is InChI=1S/C12H17N3O2/c1-17-11-5-3-2-4-10(11)14-6-8-15(9-7-14)12(13)16/h2-5H,6-9H2,1H3,(H2,13,16). The van der Waals surface area contributed by atoms with Crippen molar-refractivity contribution >= 4 is 11.7 Å². The summed E-state index contributed by atoms with van der Waals surface area (Å²) in [6.07, 6.45) is 0. The second-order valence-corrected chi connectivity index (χ2v) is 3.98. The molecule has 2 amide bonds. The van der Waals surface area contributed by atoms with Gasteiger partial charge in [0.05, 0.1) is 12.8 Å². The summed E-state index contributed by atoms with van der Waals surface area (Å²) >= 11 is 0. The van der Waals surface area contributed by atoms with Gasteiger partial charge in [-0.15, -0.1) is 0 Å². The third-order valence-corrected chi connectivity index (χ3v) is 3.02. The van der Waals surface area contributed by atoms with Crippen LogP contribution in [-0.4, -0.2) is 44.2 Å². The van der Waals surface area contributed by atoms with Crippen molar-refractivity contribution in [1.82, 2.24) is 4.90 Å². The Hall–Kier alpha value is -1.91. The highest BCUT2D eigenvalue weighted by molar-refractivity contribution is 5.72. The van der Waals surface area contributed by atoms with Crippen LogP contribution in [0.15, 0.2) is 24.3 Å². The molecule has 1 aliphatic heterocycles. The van der Waals surface area contributed by atoms with Crippen molar-refractivity contribution in [2.45, 2.75) is 0 Å². The SMILES string of the molecule is COc1ccccc1N1CCN(C(N)=O)CC1. The molecule has 2 rings (SSSR count). The molecule has 1 aromatic rings. The molecule has 1 aliphatic rings. The van der Waals surface area contributed by atoms with Crippen LogP contribution in [0.2, 0.25) is 0 Å². The number of carbonyl (C=O) groups is 1. The molecule has 0 atom stereocenters. The van der Waals surface area contributed by atoms with E-state index in [4.69, 9.17) is 10.5 Å². The van der Waals surface area contributed by atoms with Crippen LogP contribution in [0.4, 0.5) is 10.5 Å². The highest BCUT2D eigenvalue weighted by Gasteiger charge is 2.20. The van der Waals surface area contributed by atoms with E-state index < -0.39 is 0 Å². The lowest BCUT2D eigenvalue weighted by Crippen LogP contribution is -2.50. The number of para-hydroxylation sites is 2. The summed E-state index contributed by atoms with van der Waals surface area (Å²) < 4.78 is 5.33. The molecule has 2 N–H and O–H groups in total. The first-order valence-corrected chi connectivity index (χ1v) is 5.64. The van der Waals surface area contributed by atoms with Gasteiger partial charge in [0.2, 0.25) is 0 Å². The van der Waals surface area contributed by atoms with Gasteiger partial charge in [-0.2, -0.15) is 0 Å². The average Bonchev–Trinajstić information content (AvgIpc) is 2.39. The van der Waals surface area contributed by atoms with Gasteiger partial charge in [-0.1, -0.05) is 12.1 Å². The Labute approximate surface area is 101 Å². The number of primary amides is 1. The van der Waals surface area contributed by atoms with Crippen molar-refractivity contribution in [2.75, 3.05) is 38.2 Å². The number of anilines is 1. The Bertz CT molecular complexity index is 400. The minimum absolute atomic E-state index is 0.343. The highest BCUT2D eigenvalue weighted by Crippen LogP contribution is 2.28. The fourth-order valence-corrected chi connectivity index (χ4v) is 2.06. The van der Waals surface area contributed by atoms with Crippen LogP contribution in [0, 0.1) is 0 Å². The first-order chi connectivity index (χ1) is 8.22. The Morgan fingerprint density at radius 3 is 2.47 bits per heavy atom. The predicted molar refractivity (Wildman–Crippen MR) is 66.4 cm³/mol. The second-order valence-electron chi connectivity index (χ2n) is 3.98. The van der Waals surface area contributed by atoms with Crippen molar-refractivity contribution in [1.29, 1.82) is 0 Å². The minimum atomic E-state index is -0.343. The van der Waals surface area contributed by atoms with Gasteiger partial charge in [0.15, 0.2) is 0 Å². The van der Waals surface area contributed by atoms with Gasteiger partial charge in [0.1, 0.15) is 5.75 Å². The Morgan fingerprint density at radius 1 is 1.24 bits per heavy atom. The van der Waals surface area contributed by atoms with Gasteiger partial charge in [-0.05, 0) is 12.1 Å². The zero-order valence-electron chi connectivity index (χ0n) is 9.93. The Balaban J connectivity index is 2.07. The van der Waals surface area contributed by atoms with Crippen molar-refractivity contribution in [3.8, 4) is 5.75 Å². The largest absolute Gasteiger partial charge is 0.495 e. The molecule has 1 fully saturated rings. The Kier molecular flexibility index (Phi) is 3.37. The van der Waals surface area contributed by atoms with Crippen LogP contribution >= 0.6 is 0 Å². The van der Waals surface area contributed by atoms with Crippen molar-refractivity contribution < 1.29 is 9.53 Å². The number of methoxy groups -OCH3 is 1. The molecule has 0 radical (unpaired) electrons. The van der Waals surface area contributed by atoms with Gasteiger partial charge in [-0.3, -0.25) is 0 Å². The quantitative estimate of drug-likeness (QED) is 0.828. The predicted octanol–water partition coefficient (Wildman–Crippen LogP) is 0.896. The molecule has 1 aromatic carbocycles. The van der Waals surface area contributed by atoms with E-state index in [2.05, 4.69) is 4.90 Å². The first kappa shape index (κ1) is 11.6. The number of ether oxygens (including phenoxy) is 1. The summed E-state index contributed by atoms with van der Waals surface area (Å²) in [6, 6.07) is 7.55. The molecule has 5 nitrogen and oxygen atoms in total. The number of nitrogens with two attached hydrogens (primary N) is 1. The van der Waals surface area contributed by atoms with E-state index in [9.17, 15) is 4.79 Å². The van der Waals surface area contributed by atoms with Crippen LogP contribution < -0.4 is 15.4 Å². The molecular formula is C12H17N3O2. The molecule has 92 valence electrons. The lowest BCUT2D eigenvalue weighted by atomic mass is 10.2. The van der Waals surface area contributed by atoms with E-state index in [-0.39, 0.29) is 6.03 Å².